The maximum absolute atomic E-state index is 11.7. The van der Waals surface area contributed by atoms with E-state index < -0.39 is 10.0 Å². The van der Waals surface area contributed by atoms with Gasteiger partial charge >= 0.3 is 0 Å². The normalized spacial score (nSPS) is 11.7. The Balaban J connectivity index is 3.12. The Morgan fingerprint density at radius 1 is 1.38 bits per heavy atom. The van der Waals surface area contributed by atoms with E-state index in [2.05, 4.69) is 0 Å². The van der Waals surface area contributed by atoms with E-state index in [4.69, 9.17) is 18.0 Å². The molecule has 1 aromatic carbocycles. The van der Waals surface area contributed by atoms with Crippen molar-refractivity contribution in [2.45, 2.75) is 5.75 Å². The van der Waals surface area contributed by atoms with E-state index in [1.807, 2.05) is 0 Å². The van der Waals surface area contributed by atoms with Gasteiger partial charge in [-0.15, -0.1) is 0 Å². The molecule has 0 bridgehead atoms. The quantitative estimate of drug-likeness (QED) is 0.808. The monoisotopic (exact) mass is 258 g/mol. The van der Waals surface area contributed by atoms with Crippen LogP contribution in [0.2, 0.25) is 0 Å². The van der Waals surface area contributed by atoms with Gasteiger partial charge in [-0.05, 0) is 5.56 Å². The molecule has 0 aliphatic heterocycles. The van der Waals surface area contributed by atoms with Crippen LogP contribution in [-0.2, 0) is 15.8 Å². The maximum atomic E-state index is 11.7. The molecule has 0 heterocycles. The molecule has 0 atom stereocenters. The number of thiocarbonyl (C=S) groups is 1. The van der Waals surface area contributed by atoms with Crippen molar-refractivity contribution >= 4 is 27.2 Å². The van der Waals surface area contributed by atoms with Gasteiger partial charge in [-0.2, -0.15) is 0 Å². The SMILES string of the molecule is CN(C)S(=O)(=O)Cc1ccccc1C(N)=S. The topological polar surface area (TPSA) is 63.4 Å². The Morgan fingerprint density at radius 2 is 1.94 bits per heavy atom. The van der Waals surface area contributed by atoms with Gasteiger partial charge in [0.1, 0.15) is 4.99 Å². The molecule has 0 fully saturated rings. The summed E-state index contributed by atoms with van der Waals surface area (Å²) in [5, 5.41) is 0. The van der Waals surface area contributed by atoms with Gasteiger partial charge < -0.3 is 5.73 Å². The molecule has 88 valence electrons. The largest absolute Gasteiger partial charge is 0.389 e. The number of sulfonamides is 1. The Bertz CT molecular complexity index is 495. The first-order valence-electron chi connectivity index (χ1n) is 4.62. The van der Waals surface area contributed by atoms with Gasteiger partial charge in [-0.3, -0.25) is 0 Å². The van der Waals surface area contributed by atoms with Crippen LogP contribution in [0.25, 0.3) is 0 Å². The van der Waals surface area contributed by atoms with Crippen molar-refractivity contribution in [2.75, 3.05) is 14.1 Å². The lowest BCUT2D eigenvalue weighted by atomic mass is 10.1. The van der Waals surface area contributed by atoms with E-state index >= 15 is 0 Å². The third kappa shape index (κ3) is 3.01. The molecule has 0 aromatic heterocycles. The zero-order valence-corrected chi connectivity index (χ0v) is 10.8. The maximum Gasteiger partial charge on any atom is 0.217 e. The number of nitrogens with two attached hydrogens (primary N) is 1. The van der Waals surface area contributed by atoms with E-state index in [1.165, 1.54) is 18.4 Å². The van der Waals surface area contributed by atoms with Gasteiger partial charge in [-0.25, -0.2) is 12.7 Å². The minimum atomic E-state index is -3.29. The fraction of sp³-hybridized carbons (Fsp3) is 0.300. The lowest BCUT2D eigenvalue weighted by molar-refractivity contribution is 0.519. The van der Waals surface area contributed by atoms with E-state index in [9.17, 15) is 8.42 Å². The van der Waals surface area contributed by atoms with Gasteiger partial charge in [-0.1, -0.05) is 36.5 Å². The molecule has 4 nitrogen and oxygen atoms in total. The number of hydrogen-bond acceptors (Lipinski definition) is 3. The van der Waals surface area contributed by atoms with Crippen molar-refractivity contribution in [1.29, 1.82) is 0 Å². The van der Waals surface area contributed by atoms with Crippen molar-refractivity contribution in [3.05, 3.63) is 35.4 Å². The molecule has 0 saturated carbocycles. The first kappa shape index (κ1) is 13.1. The van der Waals surface area contributed by atoms with Crippen LogP contribution in [0, 0.1) is 0 Å². The number of hydrogen-bond donors (Lipinski definition) is 1. The second kappa shape index (κ2) is 4.90. The molecule has 0 radical (unpaired) electrons. The lowest BCUT2D eigenvalue weighted by Crippen LogP contribution is -2.25. The highest BCUT2D eigenvalue weighted by Crippen LogP contribution is 2.13. The molecular formula is C10H14N2O2S2. The highest BCUT2D eigenvalue weighted by atomic mass is 32.2. The molecule has 0 amide bonds. The smallest absolute Gasteiger partial charge is 0.217 e. The van der Waals surface area contributed by atoms with Crippen molar-refractivity contribution in [1.82, 2.24) is 4.31 Å². The Morgan fingerprint density at radius 3 is 2.44 bits per heavy atom. The summed E-state index contributed by atoms with van der Waals surface area (Å²) in [6, 6.07) is 6.99. The predicted octanol–water partition coefficient (Wildman–Crippen LogP) is 0.712. The Hall–Kier alpha value is -0.980. The van der Waals surface area contributed by atoms with Gasteiger partial charge in [0.25, 0.3) is 0 Å². The fourth-order valence-corrected chi connectivity index (χ4v) is 2.31. The predicted molar refractivity (Wildman–Crippen MR) is 68.6 cm³/mol. The second-order valence-corrected chi connectivity index (χ2v) is 6.18. The van der Waals surface area contributed by atoms with Crippen molar-refractivity contribution in [2.24, 2.45) is 5.73 Å². The summed E-state index contributed by atoms with van der Waals surface area (Å²) in [7, 11) is -0.292. The van der Waals surface area contributed by atoms with E-state index in [0.717, 1.165) is 0 Å². The highest BCUT2D eigenvalue weighted by Gasteiger charge is 2.17. The third-order valence-corrected chi connectivity index (χ3v) is 4.19. The molecule has 0 spiro atoms. The molecular weight excluding hydrogens is 244 g/mol. The molecule has 1 rings (SSSR count). The molecule has 0 saturated heterocycles. The molecule has 16 heavy (non-hydrogen) atoms. The van der Waals surface area contributed by atoms with Crippen LogP contribution in [0.5, 0.6) is 0 Å². The van der Waals surface area contributed by atoms with Crippen LogP contribution in [0.15, 0.2) is 24.3 Å². The average molecular weight is 258 g/mol. The summed E-state index contributed by atoms with van der Waals surface area (Å²) in [4.78, 5) is 0.213. The summed E-state index contributed by atoms with van der Waals surface area (Å²) in [6.07, 6.45) is 0. The minimum Gasteiger partial charge on any atom is -0.389 e. The van der Waals surface area contributed by atoms with Gasteiger partial charge in [0, 0.05) is 19.7 Å². The molecule has 2 N–H and O–H groups in total. The average Bonchev–Trinajstić information content (AvgIpc) is 2.17. The molecule has 1 aromatic rings. The zero-order chi connectivity index (χ0) is 12.3. The van der Waals surface area contributed by atoms with E-state index in [0.29, 0.717) is 11.1 Å². The lowest BCUT2D eigenvalue weighted by Gasteiger charge is -2.13. The molecule has 0 unspecified atom stereocenters. The van der Waals surface area contributed by atoms with Crippen molar-refractivity contribution in [3.63, 3.8) is 0 Å². The standard InChI is InChI=1S/C10H14N2O2S2/c1-12(2)16(13,14)7-8-5-3-4-6-9(8)10(11)15/h3-6H,7H2,1-2H3,(H2,11,15). The van der Waals surface area contributed by atoms with Gasteiger partial charge in [0.2, 0.25) is 10.0 Å². The zero-order valence-electron chi connectivity index (χ0n) is 9.17. The Kier molecular flexibility index (Phi) is 4.01. The minimum absolute atomic E-state index is 0.0898. The van der Waals surface area contributed by atoms with Crippen LogP contribution >= 0.6 is 12.2 Å². The van der Waals surface area contributed by atoms with E-state index in [1.54, 1.807) is 24.3 Å². The van der Waals surface area contributed by atoms with E-state index in [-0.39, 0.29) is 10.7 Å². The summed E-state index contributed by atoms with van der Waals surface area (Å²) in [5.74, 6) is -0.0898. The first-order valence-corrected chi connectivity index (χ1v) is 6.64. The second-order valence-electron chi connectivity index (χ2n) is 3.56. The summed E-state index contributed by atoms with van der Waals surface area (Å²) >= 11 is 4.87. The molecule has 6 heteroatoms. The van der Waals surface area contributed by atoms with Gasteiger partial charge in [0.05, 0.1) is 5.75 Å². The fourth-order valence-electron chi connectivity index (χ4n) is 1.21. The number of rotatable bonds is 4. The van der Waals surface area contributed by atoms with Crippen LogP contribution < -0.4 is 5.73 Å². The summed E-state index contributed by atoms with van der Waals surface area (Å²) in [5.41, 5.74) is 6.77. The summed E-state index contributed by atoms with van der Waals surface area (Å²) in [6.45, 7) is 0. The summed E-state index contributed by atoms with van der Waals surface area (Å²) < 4.78 is 24.6. The van der Waals surface area contributed by atoms with Crippen molar-refractivity contribution in [3.8, 4) is 0 Å². The Labute approximate surface area is 101 Å². The molecule has 0 aliphatic rings. The number of nitrogens with zero attached hydrogens (tertiary/aromatic N) is 1. The first-order chi connectivity index (χ1) is 7.34. The number of benzene rings is 1. The van der Waals surface area contributed by atoms with Crippen LogP contribution in [0.1, 0.15) is 11.1 Å². The van der Waals surface area contributed by atoms with Crippen LogP contribution in [0.4, 0.5) is 0 Å². The van der Waals surface area contributed by atoms with Crippen LogP contribution in [-0.4, -0.2) is 31.8 Å². The highest BCUT2D eigenvalue weighted by molar-refractivity contribution is 7.88. The van der Waals surface area contributed by atoms with Crippen LogP contribution in [0.3, 0.4) is 0 Å². The third-order valence-electron chi connectivity index (χ3n) is 2.18. The van der Waals surface area contributed by atoms with Crippen molar-refractivity contribution < 1.29 is 8.42 Å². The van der Waals surface area contributed by atoms with Gasteiger partial charge in [0.15, 0.2) is 0 Å². The molecule has 0 aliphatic carbocycles.